The Labute approximate surface area is 206 Å². The quantitative estimate of drug-likeness (QED) is 0.500. The topological polar surface area (TPSA) is 75.3 Å². The molecule has 0 saturated carbocycles. The van der Waals surface area contributed by atoms with E-state index in [1.807, 2.05) is 69.3 Å². The molecule has 1 aromatic heterocycles. The molecular formula is C29H31N3O3. The van der Waals surface area contributed by atoms with Crippen molar-refractivity contribution in [2.75, 3.05) is 31.2 Å². The number of nitriles is 1. The number of nitrogens with zero attached hydrogens (tertiary/aromatic N) is 3. The first-order valence-corrected chi connectivity index (χ1v) is 11.9. The molecule has 0 aliphatic carbocycles. The Balaban J connectivity index is 1.66. The molecule has 0 bridgehead atoms. The van der Waals surface area contributed by atoms with Gasteiger partial charge < -0.3 is 9.64 Å². The highest BCUT2D eigenvalue weighted by Gasteiger charge is 2.21. The smallest absolute Gasteiger partial charge is 0.252 e. The van der Waals surface area contributed by atoms with Gasteiger partial charge in [-0.15, -0.1) is 0 Å². The van der Waals surface area contributed by atoms with Crippen LogP contribution in [0.1, 0.15) is 40.9 Å². The Bertz CT molecular complexity index is 1360. The molecule has 1 fully saturated rings. The fourth-order valence-electron chi connectivity index (χ4n) is 4.40. The van der Waals surface area contributed by atoms with Crippen LogP contribution < -0.4 is 10.5 Å². The largest absolute Gasteiger partial charge is 0.378 e. The van der Waals surface area contributed by atoms with Crippen LogP contribution in [0.2, 0.25) is 0 Å². The summed E-state index contributed by atoms with van der Waals surface area (Å²) in [6, 6.07) is 19.3. The minimum absolute atomic E-state index is 0.00426. The molecule has 0 N–H and O–H groups in total. The van der Waals surface area contributed by atoms with Gasteiger partial charge in [0.25, 0.3) is 5.56 Å². The van der Waals surface area contributed by atoms with Crippen molar-refractivity contribution in [1.29, 1.82) is 5.26 Å². The molecule has 2 aromatic carbocycles. The van der Waals surface area contributed by atoms with Crippen LogP contribution in [0, 0.1) is 18.3 Å². The predicted molar refractivity (Wildman–Crippen MR) is 138 cm³/mol. The number of morpholine rings is 1. The third-order valence-electron chi connectivity index (χ3n) is 6.74. The first-order chi connectivity index (χ1) is 16.7. The lowest BCUT2D eigenvalue weighted by Crippen LogP contribution is -2.39. The van der Waals surface area contributed by atoms with Crippen LogP contribution in [-0.4, -0.2) is 36.7 Å². The van der Waals surface area contributed by atoms with E-state index < -0.39 is 5.41 Å². The number of Topliss-reactive ketones (excluding diaryl/α,β-unsaturated/α-hetero) is 1. The Hall–Kier alpha value is -3.69. The van der Waals surface area contributed by atoms with E-state index in [4.69, 9.17) is 4.74 Å². The van der Waals surface area contributed by atoms with E-state index in [2.05, 4.69) is 11.0 Å². The zero-order chi connectivity index (χ0) is 25.2. The zero-order valence-corrected chi connectivity index (χ0v) is 20.8. The van der Waals surface area contributed by atoms with Gasteiger partial charge in [-0.05, 0) is 60.7 Å². The fourth-order valence-corrected chi connectivity index (χ4v) is 4.40. The number of ketones is 1. The molecular weight excluding hydrogens is 438 g/mol. The van der Waals surface area contributed by atoms with Crippen molar-refractivity contribution in [2.24, 2.45) is 7.05 Å². The van der Waals surface area contributed by atoms with Crippen molar-refractivity contribution >= 4 is 11.6 Å². The van der Waals surface area contributed by atoms with Crippen LogP contribution in [0.15, 0.2) is 59.4 Å². The van der Waals surface area contributed by atoms with Crippen LogP contribution in [-0.2, 0) is 23.6 Å². The Morgan fingerprint density at radius 3 is 2.54 bits per heavy atom. The lowest BCUT2D eigenvalue weighted by Gasteiger charge is -2.30. The molecule has 2 heterocycles. The van der Waals surface area contributed by atoms with E-state index in [1.165, 1.54) is 0 Å². The molecule has 0 unspecified atom stereocenters. The predicted octanol–water partition coefficient (Wildman–Crippen LogP) is 4.42. The maximum atomic E-state index is 13.2. The van der Waals surface area contributed by atoms with E-state index in [0.29, 0.717) is 18.8 Å². The molecule has 35 heavy (non-hydrogen) atoms. The van der Waals surface area contributed by atoms with Crippen LogP contribution >= 0.6 is 0 Å². The average Bonchev–Trinajstić information content (AvgIpc) is 2.86. The van der Waals surface area contributed by atoms with Gasteiger partial charge in [-0.2, -0.15) is 5.26 Å². The minimum Gasteiger partial charge on any atom is -0.378 e. The Morgan fingerprint density at radius 1 is 1.09 bits per heavy atom. The number of anilines is 1. The molecule has 0 atom stereocenters. The van der Waals surface area contributed by atoms with Gasteiger partial charge in [-0.25, -0.2) is 0 Å². The van der Waals surface area contributed by atoms with Crippen molar-refractivity contribution < 1.29 is 9.53 Å². The fraction of sp³-hybridized carbons (Fsp3) is 0.345. The highest BCUT2D eigenvalue weighted by atomic mass is 16.5. The zero-order valence-electron chi connectivity index (χ0n) is 20.8. The summed E-state index contributed by atoms with van der Waals surface area (Å²) in [6.45, 7) is 8.46. The minimum atomic E-state index is -0.617. The molecule has 180 valence electrons. The van der Waals surface area contributed by atoms with Gasteiger partial charge in [-0.3, -0.25) is 14.2 Å². The maximum absolute atomic E-state index is 13.2. The lowest BCUT2D eigenvalue weighted by atomic mass is 9.85. The van der Waals surface area contributed by atoms with Gasteiger partial charge in [0, 0.05) is 38.2 Å². The van der Waals surface area contributed by atoms with Gasteiger partial charge in [0.2, 0.25) is 0 Å². The summed E-state index contributed by atoms with van der Waals surface area (Å²) in [5, 5.41) is 9.45. The van der Waals surface area contributed by atoms with Crippen molar-refractivity contribution in [3.63, 3.8) is 0 Å². The number of benzene rings is 2. The van der Waals surface area contributed by atoms with Crippen LogP contribution in [0.4, 0.5) is 5.82 Å². The van der Waals surface area contributed by atoms with Crippen molar-refractivity contribution in [2.45, 2.75) is 32.6 Å². The molecule has 0 radical (unpaired) electrons. The summed E-state index contributed by atoms with van der Waals surface area (Å²) in [7, 11) is 1.78. The second kappa shape index (κ2) is 9.89. The first kappa shape index (κ1) is 24.4. The van der Waals surface area contributed by atoms with E-state index >= 15 is 0 Å². The molecule has 0 spiro atoms. The van der Waals surface area contributed by atoms with Crippen LogP contribution in [0.3, 0.4) is 0 Å². The second-order valence-electron chi connectivity index (χ2n) is 9.67. The summed E-state index contributed by atoms with van der Waals surface area (Å²) >= 11 is 0. The first-order valence-electron chi connectivity index (χ1n) is 11.9. The van der Waals surface area contributed by atoms with Gasteiger partial charge in [0.05, 0.1) is 24.7 Å². The number of ether oxygens (including phenoxy) is 1. The number of hydrogen-bond donors (Lipinski definition) is 0. The molecule has 1 aliphatic rings. The van der Waals surface area contributed by atoms with Crippen molar-refractivity contribution in [3.05, 3.63) is 87.2 Å². The number of carbonyl (C=O) groups is 1. The van der Waals surface area contributed by atoms with Crippen LogP contribution in [0.25, 0.3) is 11.1 Å². The van der Waals surface area contributed by atoms with Crippen molar-refractivity contribution in [3.8, 4) is 17.2 Å². The van der Waals surface area contributed by atoms with E-state index in [1.54, 1.807) is 17.7 Å². The summed E-state index contributed by atoms with van der Waals surface area (Å²) in [4.78, 5) is 28.2. The highest BCUT2D eigenvalue weighted by Crippen LogP contribution is 2.28. The Morgan fingerprint density at radius 2 is 1.83 bits per heavy atom. The van der Waals surface area contributed by atoms with E-state index in [-0.39, 0.29) is 17.8 Å². The van der Waals surface area contributed by atoms with Gasteiger partial charge in [0.1, 0.15) is 5.82 Å². The molecule has 0 amide bonds. The third kappa shape index (κ3) is 5.21. The number of carbonyl (C=O) groups excluding carboxylic acids is 1. The highest BCUT2D eigenvalue weighted by molar-refractivity contribution is 5.99. The standard InChI is InChI=1S/C29H31N3O3/c1-20-8-9-22(26(33)15-21-6-5-7-24(14-21)29(2,3)19-30)16-25(20)23-17-27(31(4)28(34)18-23)32-10-12-35-13-11-32/h5-9,14,16-18H,10-13,15H2,1-4H3. The van der Waals surface area contributed by atoms with Gasteiger partial charge in [0.15, 0.2) is 5.78 Å². The maximum Gasteiger partial charge on any atom is 0.252 e. The molecule has 6 nitrogen and oxygen atoms in total. The van der Waals surface area contributed by atoms with Gasteiger partial charge >= 0.3 is 0 Å². The molecule has 1 aliphatic heterocycles. The summed E-state index contributed by atoms with van der Waals surface area (Å²) in [5.74, 6) is 0.847. The number of pyridine rings is 1. The average molecular weight is 470 g/mol. The number of hydrogen-bond acceptors (Lipinski definition) is 5. The molecule has 4 rings (SSSR count). The number of aromatic nitrogens is 1. The van der Waals surface area contributed by atoms with Crippen molar-refractivity contribution in [1.82, 2.24) is 4.57 Å². The third-order valence-corrected chi connectivity index (χ3v) is 6.74. The second-order valence-corrected chi connectivity index (χ2v) is 9.67. The summed E-state index contributed by atoms with van der Waals surface area (Å²) in [6.07, 6.45) is 0.243. The monoisotopic (exact) mass is 469 g/mol. The van der Waals surface area contributed by atoms with E-state index in [0.717, 1.165) is 46.7 Å². The number of aryl methyl sites for hydroxylation is 1. The number of rotatable bonds is 6. The molecule has 1 saturated heterocycles. The lowest BCUT2D eigenvalue weighted by molar-refractivity contribution is 0.0993. The summed E-state index contributed by atoms with van der Waals surface area (Å²) < 4.78 is 7.13. The Kier molecular flexibility index (Phi) is 6.90. The van der Waals surface area contributed by atoms with Crippen LogP contribution in [0.5, 0.6) is 0 Å². The summed E-state index contributed by atoms with van der Waals surface area (Å²) in [5.41, 5.74) is 4.35. The normalized spacial score (nSPS) is 14.0. The SMILES string of the molecule is Cc1ccc(C(=O)Cc2cccc(C(C)(C)C#N)c2)cc1-c1cc(N2CCOCC2)n(C)c(=O)c1. The van der Waals surface area contributed by atoms with Gasteiger partial charge in [-0.1, -0.05) is 36.4 Å². The molecule has 6 heteroatoms. The molecule has 3 aromatic rings. The van der Waals surface area contributed by atoms with E-state index in [9.17, 15) is 14.9 Å².